The molecule has 0 amide bonds. The third-order valence-electron chi connectivity index (χ3n) is 1.00. The Balaban J connectivity index is 0.000001000. The molecule has 1 aromatic rings. The van der Waals surface area contributed by atoms with Crippen LogP contribution in [0.25, 0.3) is 0 Å². The summed E-state index contributed by atoms with van der Waals surface area (Å²) in [4.78, 5) is 10.1. The molecule has 0 N–H and O–H groups in total. The van der Waals surface area contributed by atoms with Gasteiger partial charge in [0.1, 0.15) is 5.69 Å². The molecule has 0 aliphatic rings. The van der Waals surface area contributed by atoms with E-state index in [0.717, 1.165) is 5.56 Å². The number of hydrogen-bond acceptors (Lipinski definition) is 4. The van der Waals surface area contributed by atoms with Crippen LogP contribution in [0.2, 0.25) is 0 Å². The number of aromatic nitrogens is 2. The summed E-state index contributed by atoms with van der Waals surface area (Å²) in [6, 6.07) is 1.41. The normalized spacial score (nSPS) is 8.45. The van der Waals surface area contributed by atoms with Crippen molar-refractivity contribution in [3.8, 4) is 0 Å². The Bertz CT molecular complexity index is 265. The van der Waals surface area contributed by atoms with Gasteiger partial charge in [0, 0.05) is 0 Å². The van der Waals surface area contributed by atoms with E-state index in [9.17, 15) is 9.90 Å². The van der Waals surface area contributed by atoms with Gasteiger partial charge < -0.3 is 9.90 Å². The monoisotopic (exact) mass is 160 g/mol. The van der Waals surface area contributed by atoms with Gasteiger partial charge >= 0.3 is 29.6 Å². The molecule has 0 fully saturated rings. The molecule has 0 spiro atoms. The molecule has 0 bridgehead atoms. The second-order valence-corrected chi connectivity index (χ2v) is 1.91. The van der Waals surface area contributed by atoms with Crippen molar-refractivity contribution in [1.29, 1.82) is 0 Å². The van der Waals surface area contributed by atoms with Crippen LogP contribution in [0.15, 0.2) is 12.3 Å². The van der Waals surface area contributed by atoms with Gasteiger partial charge in [0.2, 0.25) is 0 Å². The zero-order valence-electron chi connectivity index (χ0n) is 6.37. The molecule has 52 valence electrons. The molecule has 4 nitrogen and oxygen atoms in total. The molecular weight excluding hydrogens is 155 g/mol. The molecule has 0 saturated heterocycles. The summed E-state index contributed by atoms with van der Waals surface area (Å²) in [5.41, 5.74) is 0.634. The summed E-state index contributed by atoms with van der Waals surface area (Å²) < 4.78 is 0. The number of nitrogens with zero attached hydrogens (tertiary/aromatic N) is 2. The fourth-order valence-electron chi connectivity index (χ4n) is 0.564. The van der Waals surface area contributed by atoms with Crippen molar-refractivity contribution in [3.63, 3.8) is 0 Å². The van der Waals surface area contributed by atoms with Crippen molar-refractivity contribution in [2.45, 2.75) is 6.92 Å². The third kappa shape index (κ3) is 2.96. The summed E-state index contributed by atoms with van der Waals surface area (Å²) in [6.07, 6.45) is 1.48. The van der Waals surface area contributed by atoms with Crippen LogP contribution in [-0.2, 0) is 0 Å². The standard InChI is InChI=1S/C6H6N2O2.Na/c1-4-2-5(6(9)10)8-7-3-4;/h2-3H,1H3,(H,9,10);/q;+1/p-1. The maximum atomic E-state index is 10.1. The topological polar surface area (TPSA) is 65.9 Å². The van der Waals surface area contributed by atoms with Gasteiger partial charge in [-0.3, -0.25) is 0 Å². The molecule has 0 atom stereocenters. The number of carboxylic acid groups (broad SMARTS) is 1. The van der Waals surface area contributed by atoms with Gasteiger partial charge in [0.15, 0.2) is 0 Å². The van der Waals surface area contributed by atoms with Crippen LogP contribution in [0.1, 0.15) is 16.1 Å². The van der Waals surface area contributed by atoms with Gasteiger partial charge in [-0.25, -0.2) is 0 Å². The van der Waals surface area contributed by atoms with Gasteiger partial charge in [0.05, 0.1) is 12.2 Å². The first-order valence-corrected chi connectivity index (χ1v) is 2.71. The minimum absolute atomic E-state index is 0. The zero-order chi connectivity index (χ0) is 7.56. The van der Waals surface area contributed by atoms with Crippen LogP contribution in [-0.4, -0.2) is 16.2 Å². The van der Waals surface area contributed by atoms with Gasteiger partial charge in [-0.05, 0) is 18.6 Å². The predicted octanol–water partition coefficient (Wildman–Crippen LogP) is -3.85. The molecule has 1 rings (SSSR count). The largest absolute Gasteiger partial charge is 1.00 e. The average Bonchev–Trinajstić information content (AvgIpc) is 1.88. The van der Waals surface area contributed by atoms with E-state index in [2.05, 4.69) is 10.2 Å². The van der Waals surface area contributed by atoms with Gasteiger partial charge in [-0.15, -0.1) is 5.10 Å². The Hall–Kier alpha value is -0.450. The molecule has 1 aromatic heterocycles. The number of carbonyl (C=O) groups is 1. The van der Waals surface area contributed by atoms with Crippen molar-refractivity contribution in [2.24, 2.45) is 0 Å². The first-order chi connectivity index (χ1) is 4.70. The molecular formula is C6H5N2NaO2. The number of hydrogen-bond donors (Lipinski definition) is 0. The number of aryl methyl sites for hydroxylation is 1. The fourth-order valence-corrected chi connectivity index (χ4v) is 0.564. The van der Waals surface area contributed by atoms with E-state index in [1.54, 1.807) is 6.92 Å². The number of aromatic carboxylic acids is 1. The van der Waals surface area contributed by atoms with E-state index in [-0.39, 0.29) is 35.3 Å². The SMILES string of the molecule is Cc1cnnc(C(=O)[O-])c1.[Na+]. The first kappa shape index (κ1) is 10.6. The maximum Gasteiger partial charge on any atom is 1.00 e. The second-order valence-electron chi connectivity index (χ2n) is 1.91. The molecule has 0 aliphatic carbocycles. The zero-order valence-corrected chi connectivity index (χ0v) is 8.37. The van der Waals surface area contributed by atoms with Crippen LogP contribution in [0.3, 0.4) is 0 Å². The van der Waals surface area contributed by atoms with E-state index >= 15 is 0 Å². The molecule has 0 aliphatic heterocycles. The molecule has 0 aromatic carbocycles. The van der Waals surface area contributed by atoms with Crippen LogP contribution in [0.5, 0.6) is 0 Å². The van der Waals surface area contributed by atoms with Crippen LogP contribution >= 0.6 is 0 Å². The average molecular weight is 160 g/mol. The van der Waals surface area contributed by atoms with Crippen molar-refractivity contribution in [1.82, 2.24) is 10.2 Å². The smallest absolute Gasteiger partial charge is 0.543 e. The molecule has 0 unspecified atom stereocenters. The van der Waals surface area contributed by atoms with Gasteiger partial charge in [0.25, 0.3) is 0 Å². The third-order valence-corrected chi connectivity index (χ3v) is 1.00. The van der Waals surface area contributed by atoms with E-state index in [1.165, 1.54) is 12.3 Å². The number of rotatable bonds is 1. The molecule has 11 heavy (non-hydrogen) atoms. The van der Waals surface area contributed by atoms with E-state index in [0.29, 0.717) is 0 Å². The number of carbonyl (C=O) groups excluding carboxylic acids is 1. The number of carboxylic acids is 1. The van der Waals surface area contributed by atoms with Crippen molar-refractivity contribution in [2.75, 3.05) is 0 Å². The molecule has 1 heterocycles. The fraction of sp³-hybridized carbons (Fsp3) is 0.167. The minimum atomic E-state index is -1.30. The molecule has 5 heteroatoms. The summed E-state index contributed by atoms with van der Waals surface area (Å²) >= 11 is 0. The summed E-state index contributed by atoms with van der Waals surface area (Å²) in [5.74, 6) is -1.30. The summed E-state index contributed by atoms with van der Waals surface area (Å²) in [7, 11) is 0. The van der Waals surface area contributed by atoms with Gasteiger partial charge in [-0.1, -0.05) is 0 Å². The quantitative estimate of drug-likeness (QED) is 0.394. The van der Waals surface area contributed by atoms with Crippen LogP contribution in [0, 0.1) is 6.92 Å². The Labute approximate surface area is 85.9 Å². The minimum Gasteiger partial charge on any atom is -0.543 e. The predicted molar refractivity (Wildman–Crippen MR) is 31.1 cm³/mol. The summed E-state index contributed by atoms with van der Waals surface area (Å²) in [5, 5.41) is 16.9. The Kier molecular flexibility index (Phi) is 4.25. The van der Waals surface area contributed by atoms with Crippen molar-refractivity contribution >= 4 is 5.97 Å². The summed E-state index contributed by atoms with van der Waals surface area (Å²) in [6.45, 7) is 1.74. The second kappa shape index (κ2) is 4.43. The van der Waals surface area contributed by atoms with E-state index in [4.69, 9.17) is 0 Å². The first-order valence-electron chi connectivity index (χ1n) is 2.71. The van der Waals surface area contributed by atoms with E-state index < -0.39 is 5.97 Å². The van der Waals surface area contributed by atoms with E-state index in [1.807, 2.05) is 0 Å². The maximum absolute atomic E-state index is 10.1. The Morgan fingerprint density at radius 1 is 1.64 bits per heavy atom. The van der Waals surface area contributed by atoms with Crippen molar-refractivity contribution < 1.29 is 39.5 Å². The van der Waals surface area contributed by atoms with Crippen molar-refractivity contribution in [3.05, 3.63) is 23.5 Å². The molecule has 0 radical (unpaired) electrons. The van der Waals surface area contributed by atoms with Crippen LogP contribution < -0.4 is 34.7 Å². The van der Waals surface area contributed by atoms with Crippen LogP contribution in [0.4, 0.5) is 0 Å². The van der Waals surface area contributed by atoms with Gasteiger partial charge in [-0.2, -0.15) is 5.10 Å². The molecule has 0 saturated carbocycles. The Morgan fingerprint density at radius 3 is 2.64 bits per heavy atom. The Morgan fingerprint density at radius 2 is 2.27 bits per heavy atom.